The van der Waals surface area contributed by atoms with Crippen molar-refractivity contribution in [1.82, 2.24) is 9.47 Å². The van der Waals surface area contributed by atoms with Crippen LogP contribution in [0.5, 0.6) is 23.3 Å². The van der Waals surface area contributed by atoms with E-state index in [1.165, 1.54) is 16.7 Å². The second-order valence-electron chi connectivity index (χ2n) is 7.76. The van der Waals surface area contributed by atoms with Gasteiger partial charge in [-0.3, -0.25) is 9.47 Å². The predicted octanol–water partition coefficient (Wildman–Crippen LogP) is 4.59. The number of rotatable bonds is 12. The maximum absolute atomic E-state index is 10.1. The summed E-state index contributed by atoms with van der Waals surface area (Å²) in [5.74, 6) is 1.13. The number of aliphatic hydroxyl groups is 1. The van der Waals surface area contributed by atoms with Gasteiger partial charge in [0.2, 0.25) is 0 Å². The van der Waals surface area contributed by atoms with Crippen LogP contribution in [0.25, 0.3) is 0 Å². The van der Waals surface area contributed by atoms with E-state index in [4.69, 9.17) is 21.1 Å². The highest BCUT2D eigenvalue weighted by molar-refractivity contribution is 6.30. The molecule has 1 atom stereocenters. The number of nitrogens with zero attached hydrogens (tertiary/aromatic N) is 2. The Morgan fingerprint density at radius 3 is 2.30 bits per heavy atom. The van der Waals surface area contributed by atoms with Crippen molar-refractivity contribution in [3.8, 4) is 23.3 Å². The van der Waals surface area contributed by atoms with Crippen LogP contribution in [0.1, 0.15) is 30.5 Å². The van der Waals surface area contributed by atoms with Crippen molar-refractivity contribution in [2.45, 2.75) is 32.5 Å². The minimum absolute atomic E-state index is 0.000947. The number of hydrogen-bond acceptors (Lipinski definition) is 6. The van der Waals surface area contributed by atoms with Crippen LogP contribution in [0.3, 0.4) is 0 Å². The Balaban J connectivity index is 1.71. The summed E-state index contributed by atoms with van der Waals surface area (Å²) in [6.45, 7) is 4.09. The van der Waals surface area contributed by atoms with Gasteiger partial charge in [0.05, 0.1) is 26.3 Å². The van der Waals surface area contributed by atoms with E-state index in [2.05, 4.69) is 11.8 Å². The fourth-order valence-electron chi connectivity index (χ4n) is 3.84. The van der Waals surface area contributed by atoms with Crippen LogP contribution in [0.15, 0.2) is 54.6 Å². The Labute approximate surface area is 199 Å². The molecule has 33 heavy (non-hydrogen) atoms. The summed E-state index contributed by atoms with van der Waals surface area (Å²) in [6.07, 6.45) is 0.946. The van der Waals surface area contributed by atoms with Crippen molar-refractivity contribution in [2.75, 3.05) is 26.9 Å². The lowest BCUT2D eigenvalue weighted by atomic mass is 10.0. The van der Waals surface area contributed by atoms with Crippen LogP contribution in [0.2, 0.25) is 5.02 Å². The molecule has 0 saturated heterocycles. The van der Waals surface area contributed by atoms with Crippen molar-refractivity contribution in [3.63, 3.8) is 0 Å². The third-order valence-corrected chi connectivity index (χ3v) is 5.75. The Morgan fingerprint density at radius 2 is 1.70 bits per heavy atom. The minimum Gasteiger partial charge on any atom is -0.494 e. The number of halogens is 1. The summed E-state index contributed by atoms with van der Waals surface area (Å²) in [4.78, 5) is 2.23. The zero-order valence-electron chi connectivity index (χ0n) is 18.9. The van der Waals surface area contributed by atoms with E-state index in [0.29, 0.717) is 29.6 Å². The largest absolute Gasteiger partial charge is 0.494 e. The van der Waals surface area contributed by atoms with Gasteiger partial charge in [0, 0.05) is 23.7 Å². The lowest BCUT2D eigenvalue weighted by molar-refractivity contribution is 0.116. The monoisotopic (exact) mass is 474 g/mol. The van der Waals surface area contributed by atoms with E-state index in [1.807, 2.05) is 42.5 Å². The SMILES string of the molecule is CCCN(Cc1ccc(OCCn2c(O)ccc2O)c(OC)c1)C(CO)c1ccc(Cl)cc1. The Morgan fingerprint density at radius 1 is 1.00 bits per heavy atom. The van der Waals surface area contributed by atoms with Crippen molar-refractivity contribution in [1.29, 1.82) is 0 Å². The number of ether oxygens (including phenoxy) is 2. The molecule has 3 aromatic rings. The van der Waals surface area contributed by atoms with Crippen LogP contribution >= 0.6 is 11.6 Å². The van der Waals surface area contributed by atoms with Crippen molar-refractivity contribution in [3.05, 3.63) is 70.7 Å². The topological polar surface area (TPSA) is 87.3 Å². The van der Waals surface area contributed by atoms with E-state index in [1.54, 1.807) is 7.11 Å². The van der Waals surface area contributed by atoms with Gasteiger partial charge in [-0.25, -0.2) is 0 Å². The molecule has 1 unspecified atom stereocenters. The molecule has 3 rings (SSSR count). The molecule has 0 bridgehead atoms. The number of benzene rings is 2. The summed E-state index contributed by atoms with van der Waals surface area (Å²) in [7, 11) is 1.59. The Kier molecular flexibility index (Phi) is 8.88. The normalized spacial score (nSPS) is 12.2. The highest BCUT2D eigenvalue weighted by Gasteiger charge is 2.20. The summed E-state index contributed by atoms with van der Waals surface area (Å²) < 4.78 is 12.7. The highest BCUT2D eigenvalue weighted by atomic mass is 35.5. The van der Waals surface area contributed by atoms with Crippen LogP contribution in [0.4, 0.5) is 0 Å². The summed E-state index contributed by atoms with van der Waals surface area (Å²) in [5.41, 5.74) is 2.04. The smallest absolute Gasteiger partial charge is 0.193 e. The van der Waals surface area contributed by atoms with Gasteiger partial charge < -0.3 is 24.8 Å². The van der Waals surface area contributed by atoms with Gasteiger partial charge in [0.15, 0.2) is 23.3 Å². The van der Waals surface area contributed by atoms with Gasteiger partial charge >= 0.3 is 0 Å². The van der Waals surface area contributed by atoms with Gasteiger partial charge in [-0.1, -0.05) is 36.7 Å². The van der Waals surface area contributed by atoms with Crippen molar-refractivity contribution in [2.24, 2.45) is 0 Å². The first-order valence-corrected chi connectivity index (χ1v) is 11.3. The molecule has 0 spiro atoms. The molecule has 0 aliphatic rings. The minimum atomic E-state index is -0.147. The first kappa shape index (κ1) is 24.8. The average Bonchev–Trinajstić information content (AvgIpc) is 3.13. The summed E-state index contributed by atoms with van der Waals surface area (Å²) in [5, 5.41) is 30.3. The molecule has 8 heteroatoms. The average molecular weight is 475 g/mol. The molecular weight excluding hydrogens is 444 g/mol. The lowest BCUT2D eigenvalue weighted by Gasteiger charge is -2.31. The molecule has 3 N–H and O–H groups in total. The maximum atomic E-state index is 10.1. The Hall–Kier alpha value is -2.87. The number of hydrogen-bond donors (Lipinski definition) is 3. The maximum Gasteiger partial charge on any atom is 0.193 e. The second-order valence-corrected chi connectivity index (χ2v) is 8.19. The van der Waals surface area contributed by atoms with E-state index < -0.39 is 0 Å². The van der Waals surface area contributed by atoms with Gasteiger partial charge in [-0.05, 0) is 48.4 Å². The molecule has 0 aliphatic heterocycles. The molecule has 0 amide bonds. The van der Waals surface area contributed by atoms with E-state index in [-0.39, 0.29) is 31.0 Å². The molecule has 2 aromatic carbocycles. The molecule has 178 valence electrons. The first-order valence-electron chi connectivity index (χ1n) is 10.9. The molecule has 1 aromatic heterocycles. The second kappa shape index (κ2) is 11.8. The lowest BCUT2D eigenvalue weighted by Crippen LogP contribution is -2.31. The number of aliphatic hydroxyl groups excluding tert-OH is 1. The number of aromatic nitrogens is 1. The molecule has 7 nitrogen and oxygen atoms in total. The van der Waals surface area contributed by atoms with Gasteiger partial charge in [-0.2, -0.15) is 0 Å². The number of aromatic hydroxyl groups is 2. The quantitative estimate of drug-likeness (QED) is 0.356. The van der Waals surface area contributed by atoms with Crippen LogP contribution in [-0.4, -0.2) is 51.7 Å². The zero-order valence-corrected chi connectivity index (χ0v) is 19.7. The Bertz CT molecular complexity index is 1000. The standard InChI is InChI=1S/C25H31ClN2O5/c1-3-12-27(21(17-29)19-5-7-20(26)8-6-19)16-18-4-9-22(23(15-18)32-2)33-14-13-28-24(30)10-11-25(28)31/h4-11,15,21,29-31H,3,12-14,16-17H2,1-2H3. The summed E-state index contributed by atoms with van der Waals surface area (Å²) >= 11 is 6.03. The molecule has 0 radical (unpaired) electrons. The van der Waals surface area contributed by atoms with Crippen LogP contribution < -0.4 is 9.47 Å². The van der Waals surface area contributed by atoms with Crippen LogP contribution in [0, 0.1) is 0 Å². The first-order chi connectivity index (χ1) is 16.0. The van der Waals surface area contributed by atoms with Gasteiger partial charge in [-0.15, -0.1) is 0 Å². The fourth-order valence-corrected chi connectivity index (χ4v) is 3.96. The van der Waals surface area contributed by atoms with Gasteiger partial charge in [0.25, 0.3) is 0 Å². The summed E-state index contributed by atoms with van der Waals surface area (Å²) in [6, 6.07) is 16.0. The van der Waals surface area contributed by atoms with E-state index in [0.717, 1.165) is 24.1 Å². The van der Waals surface area contributed by atoms with E-state index in [9.17, 15) is 15.3 Å². The van der Waals surface area contributed by atoms with Crippen molar-refractivity contribution >= 4 is 11.6 Å². The third-order valence-electron chi connectivity index (χ3n) is 5.50. The predicted molar refractivity (Wildman–Crippen MR) is 128 cm³/mol. The molecule has 0 saturated carbocycles. The van der Waals surface area contributed by atoms with Crippen molar-refractivity contribution < 1.29 is 24.8 Å². The molecule has 0 fully saturated rings. The van der Waals surface area contributed by atoms with Crippen LogP contribution in [-0.2, 0) is 13.1 Å². The third kappa shape index (κ3) is 6.35. The van der Waals surface area contributed by atoms with E-state index >= 15 is 0 Å². The number of methoxy groups -OCH3 is 1. The molecular formula is C25H31ClN2O5. The molecule has 0 aliphatic carbocycles. The zero-order chi connectivity index (χ0) is 23.8. The van der Waals surface area contributed by atoms with Gasteiger partial charge in [0.1, 0.15) is 6.61 Å². The molecule has 1 heterocycles. The fraction of sp³-hybridized carbons (Fsp3) is 0.360. The highest BCUT2D eigenvalue weighted by Crippen LogP contribution is 2.31.